The summed E-state index contributed by atoms with van der Waals surface area (Å²) in [4.78, 5) is 0. The maximum atomic E-state index is 5.27. The van der Waals surface area contributed by atoms with E-state index in [9.17, 15) is 0 Å². The number of rotatable bonds is 4. The van der Waals surface area contributed by atoms with E-state index < -0.39 is 0 Å². The minimum absolute atomic E-state index is 0.629. The third kappa shape index (κ3) is 1.73. The molecule has 0 aliphatic heterocycles. The van der Waals surface area contributed by atoms with Gasteiger partial charge in [-0.25, -0.2) is 0 Å². The average Bonchev–Trinajstić information content (AvgIpc) is 2.25. The predicted molar refractivity (Wildman–Crippen MR) is 63.8 cm³/mol. The van der Waals surface area contributed by atoms with Crippen molar-refractivity contribution in [1.82, 2.24) is 0 Å². The lowest BCUT2D eigenvalue weighted by Gasteiger charge is -2.63. The molecule has 0 aromatic heterocycles. The molecule has 4 unspecified atom stereocenters. The molecule has 3 aliphatic carbocycles. The van der Waals surface area contributed by atoms with Crippen molar-refractivity contribution in [3.8, 4) is 0 Å². The van der Waals surface area contributed by atoms with Crippen molar-refractivity contribution in [3.63, 3.8) is 0 Å². The van der Waals surface area contributed by atoms with E-state index in [0.717, 1.165) is 30.3 Å². The van der Waals surface area contributed by atoms with Crippen LogP contribution < -0.4 is 0 Å². The maximum Gasteiger partial charge on any atom is 0.0465 e. The number of hydrogen-bond acceptors (Lipinski definition) is 1. The van der Waals surface area contributed by atoms with Crippen LogP contribution in [-0.4, -0.2) is 13.7 Å². The van der Waals surface area contributed by atoms with Gasteiger partial charge in [-0.2, -0.15) is 0 Å². The molecular formula is C14H26O. The molecule has 1 nitrogen and oxygen atoms in total. The standard InChI is InChI=1S/C14H26O/c1-5-10-8-11-9-13(14(11,2)3)12(10)6-7-15-4/h10-13H,5-9H2,1-4H3. The van der Waals surface area contributed by atoms with Crippen LogP contribution in [-0.2, 0) is 4.74 Å². The highest BCUT2D eigenvalue weighted by Gasteiger charge is 2.56. The van der Waals surface area contributed by atoms with E-state index in [4.69, 9.17) is 4.74 Å². The molecule has 4 atom stereocenters. The van der Waals surface area contributed by atoms with Crippen molar-refractivity contribution in [2.24, 2.45) is 29.1 Å². The number of ether oxygens (including phenoxy) is 1. The first-order valence-corrected chi connectivity index (χ1v) is 6.60. The summed E-state index contributed by atoms with van der Waals surface area (Å²) in [5.74, 6) is 3.93. The molecule has 2 bridgehead atoms. The highest BCUT2D eigenvalue weighted by molar-refractivity contribution is 5.05. The molecule has 0 spiro atoms. The average molecular weight is 210 g/mol. The lowest BCUT2D eigenvalue weighted by Crippen LogP contribution is -2.55. The minimum atomic E-state index is 0.629. The Balaban J connectivity index is 2.02. The Hall–Kier alpha value is -0.0400. The van der Waals surface area contributed by atoms with Gasteiger partial charge in [-0.3, -0.25) is 0 Å². The SMILES string of the molecule is CCC1CC2CC(C1CCOC)C2(C)C. The number of fused-ring (bicyclic) bond motifs is 2. The Bertz CT molecular complexity index is 221. The van der Waals surface area contributed by atoms with E-state index in [1.54, 1.807) is 0 Å². The summed E-state index contributed by atoms with van der Waals surface area (Å²) in [5, 5.41) is 0. The molecule has 3 saturated carbocycles. The van der Waals surface area contributed by atoms with E-state index in [2.05, 4.69) is 20.8 Å². The van der Waals surface area contributed by atoms with Crippen molar-refractivity contribution >= 4 is 0 Å². The molecule has 0 aromatic rings. The zero-order chi connectivity index (χ0) is 11.1. The van der Waals surface area contributed by atoms with Crippen molar-refractivity contribution in [2.45, 2.75) is 46.5 Å². The van der Waals surface area contributed by atoms with Crippen LogP contribution in [0.1, 0.15) is 46.5 Å². The molecule has 1 heteroatoms. The van der Waals surface area contributed by atoms with E-state index in [1.165, 1.54) is 25.7 Å². The maximum absolute atomic E-state index is 5.27. The summed E-state index contributed by atoms with van der Waals surface area (Å²) in [6.07, 6.45) is 5.64. The molecule has 0 radical (unpaired) electrons. The van der Waals surface area contributed by atoms with Crippen LogP contribution in [0.3, 0.4) is 0 Å². The Morgan fingerprint density at radius 2 is 2.00 bits per heavy atom. The van der Waals surface area contributed by atoms with Gasteiger partial charge in [0.1, 0.15) is 0 Å². The van der Waals surface area contributed by atoms with Gasteiger partial charge in [0.2, 0.25) is 0 Å². The minimum Gasteiger partial charge on any atom is -0.385 e. The van der Waals surface area contributed by atoms with Gasteiger partial charge in [0.05, 0.1) is 0 Å². The van der Waals surface area contributed by atoms with Gasteiger partial charge in [-0.05, 0) is 48.3 Å². The Morgan fingerprint density at radius 1 is 1.27 bits per heavy atom. The molecule has 0 heterocycles. The van der Waals surface area contributed by atoms with E-state index >= 15 is 0 Å². The first-order valence-electron chi connectivity index (χ1n) is 6.60. The second-order valence-corrected chi connectivity index (χ2v) is 6.21. The van der Waals surface area contributed by atoms with Gasteiger partial charge >= 0.3 is 0 Å². The molecule has 3 fully saturated rings. The third-order valence-corrected chi connectivity index (χ3v) is 5.44. The molecular weight excluding hydrogens is 184 g/mol. The monoisotopic (exact) mass is 210 g/mol. The molecule has 3 rings (SSSR count). The van der Waals surface area contributed by atoms with Crippen LogP contribution in [0.5, 0.6) is 0 Å². The van der Waals surface area contributed by atoms with Crippen molar-refractivity contribution in [1.29, 1.82) is 0 Å². The van der Waals surface area contributed by atoms with Crippen molar-refractivity contribution in [3.05, 3.63) is 0 Å². The van der Waals surface area contributed by atoms with E-state index in [1.807, 2.05) is 7.11 Å². The van der Waals surface area contributed by atoms with Gasteiger partial charge in [-0.1, -0.05) is 27.2 Å². The Morgan fingerprint density at radius 3 is 2.53 bits per heavy atom. The fourth-order valence-electron chi connectivity index (χ4n) is 4.21. The van der Waals surface area contributed by atoms with Gasteiger partial charge in [0.25, 0.3) is 0 Å². The molecule has 0 N–H and O–H groups in total. The van der Waals surface area contributed by atoms with Crippen molar-refractivity contribution < 1.29 is 4.74 Å². The summed E-state index contributed by atoms with van der Waals surface area (Å²) in [6, 6.07) is 0. The molecule has 88 valence electrons. The zero-order valence-corrected chi connectivity index (χ0v) is 10.8. The lowest BCUT2D eigenvalue weighted by molar-refractivity contribution is -0.140. The lowest BCUT2D eigenvalue weighted by atomic mass is 9.42. The Kier molecular flexibility index (Phi) is 3.12. The fourth-order valence-corrected chi connectivity index (χ4v) is 4.21. The molecule has 0 aromatic carbocycles. The van der Waals surface area contributed by atoms with Crippen LogP contribution in [0, 0.1) is 29.1 Å². The summed E-state index contributed by atoms with van der Waals surface area (Å²) in [6.45, 7) is 8.29. The predicted octanol–water partition coefficient (Wildman–Crippen LogP) is 3.73. The van der Waals surface area contributed by atoms with Crippen LogP contribution in [0.25, 0.3) is 0 Å². The first kappa shape index (κ1) is 11.4. The molecule has 0 amide bonds. The molecule has 0 saturated heterocycles. The van der Waals surface area contributed by atoms with E-state index in [0.29, 0.717) is 5.41 Å². The largest absolute Gasteiger partial charge is 0.385 e. The van der Waals surface area contributed by atoms with Crippen LogP contribution in [0.2, 0.25) is 0 Å². The second-order valence-electron chi connectivity index (χ2n) is 6.21. The Labute approximate surface area is 94.6 Å². The van der Waals surface area contributed by atoms with Crippen LogP contribution >= 0.6 is 0 Å². The summed E-state index contributed by atoms with van der Waals surface area (Å²) < 4.78 is 5.27. The third-order valence-electron chi connectivity index (χ3n) is 5.44. The molecule has 15 heavy (non-hydrogen) atoms. The molecule has 3 aliphatic rings. The normalized spacial score (nSPS) is 42.4. The summed E-state index contributed by atoms with van der Waals surface area (Å²) in [7, 11) is 1.83. The van der Waals surface area contributed by atoms with Gasteiger partial charge in [0.15, 0.2) is 0 Å². The smallest absolute Gasteiger partial charge is 0.0465 e. The highest BCUT2D eigenvalue weighted by atomic mass is 16.5. The van der Waals surface area contributed by atoms with Crippen LogP contribution in [0.15, 0.2) is 0 Å². The van der Waals surface area contributed by atoms with Crippen molar-refractivity contribution in [2.75, 3.05) is 13.7 Å². The van der Waals surface area contributed by atoms with Crippen LogP contribution in [0.4, 0.5) is 0 Å². The topological polar surface area (TPSA) is 9.23 Å². The summed E-state index contributed by atoms with van der Waals surface area (Å²) in [5.41, 5.74) is 0.629. The highest BCUT2D eigenvalue weighted by Crippen LogP contribution is 2.64. The zero-order valence-electron chi connectivity index (χ0n) is 10.8. The number of methoxy groups -OCH3 is 1. The first-order chi connectivity index (χ1) is 7.11. The fraction of sp³-hybridized carbons (Fsp3) is 1.00. The van der Waals surface area contributed by atoms with E-state index in [-0.39, 0.29) is 0 Å². The quantitative estimate of drug-likeness (QED) is 0.687. The number of hydrogen-bond donors (Lipinski definition) is 0. The van der Waals surface area contributed by atoms with Gasteiger partial charge < -0.3 is 4.74 Å². The van der Waals surface area contributed by atoms with Gasteiger partial charge in [-0.15, -0.1) is 0 Å². The summed E-state index contributed by atoms with van der Waals surface area (Å²) >= 11 is 0. The van der Waals surface area contributed by atoms with Gasteiger partial charge in [0, 0.05) is 13.7 Å². The second kappa shape index (κ2) is 4.08.